The van der Waals surface area contributed by atoms with Crippen LogP contribution in [0.5, 0.6) is 5.75 Å². The highest BCUT2D eigenvalue weighted by Gasteiger charge is 2.40. The van der Waals surface area contributed by atoms with Crippen molar-refractivity contribution in [1.29, 1.82) is 0 Å². The summed E-state index contributed by atoms with van der Waals surface area (Å²) < 4.78 is 11.7. The van der Waals surface area contributed by atoms with Crippen LogP contribution in [0.1, 0.15) is 31.5 Å². The molecule has 2 aromatic rings. The number of benzene rings is 1. The Morgan fingerprint density at radius 1 is 1.35 bits per heavy atom. The summed E-state index contributed by atoms with van der Waals surface area (Å²) in [5, 5.41) is 14.0. The van der Waals surface area contributed by atoms with Crippen LogP contribution in [-0.4, -0.2) is 22.4 Å². The second-order valence-corrected chi connectivity index (χ2v) is 5.91. The SMILES string of the molecule is COC1(c2noc(-c3ccc(Br)cc3O)n2)CCCC1. The summed E-state index contributed by atoms with van der Waals surface area (Å²) in [4.78, 5) is 4.42. The number of ether oxygens (including phenoxy) is 1. The zero-order valence-corrected chi connectivity index (χ0v) is 12.7. The first-order valence-corrected chi connectivity index (χ1v) is 7.32. The van der Waals surface area contributed by atoms with Crippen molar-refractivity contribution >= 4 is 15.9 Å². The fourth-order valence-corrected chi connectivity index (χ4v) is 3.02. The maximum absolute atomic E-state index is 9.95. The van der Waals surface area contributed by atoms with Crippen molar-refractivity contribution in [3.63, 3.8) is 0 Å². The van der Waals surface area contributed by atoms with Gasteiger partial charge in [0.1, 0.15) is 11.4 Å². The average molecular weight is 339 g/mol. The molecule has 1 aromatic carbocycles. The third-order valence-electron chi connectivity index (χ3n) is 3.83. The minimum Gasteiger partial charge on any atom is -0.507 e. The van der Waals surface area contributed by atoms with Crippen LogP contribution in [0.25, 0.3) is 11.5 Å². The Bertz CT molecular complexity index is 621. The Morgan fingerprint density at radius 2 is 2.10 bits per heavy atom. The molecule has 0 amide bonds. The van der Waals surface area contributed by atoms with E-state index in [1.54, 1.807) is 19.2 Å². The van der Waals surface area contributed by atoms with Crippen molar-refractivity contribution in [2.75, 3.05) is 7.11 Å². The van der Waals surface area contributed by atoms with Crippen LogP contribution in [0.3, 0.4) is 0 Å². The van der Waals surface area contributed by atoms with E-state index in [0.717, 1.165) is 30.2 Å². The third-order valence-corrected chi connectivity index (χ3v) is 4.32. The maximum atomic E-state index is 9.95. The summed E-state index contributed by atoms with van der Waals surface area (Å²) >= 11 is 3.30. The number of hydrogen-bond acceptors (Lipinski definition) is 5. The van der Waals surface area contributed by atoms with Crippen LogP contribution in [-0.2, 0) is 10.3 Å². The number of aromatic hydroxyl groups is 1. The number of phenolic OH excluding ortho intramolecular Hbond substituents is 1. The summed E-state index contributed by atoms with van der Waals surface area (Å²) in [6.07, 6.45) is 3.99. The molecular weight excluding hydrogens is 324 g/mol. The van der Waals surface area contributed by atoms with Gasteiger partial charge in [-0.15, -0.1) is 0 Å². The van der Waals surface area contributed by atoms with E-state index in [4.69, 9.17) is 9.26 Å². The molecule has 0 bridgehead atoms. The number of halogens is 1. The number of aromatic nitrogens is 2. The lowest BCUT2D eigenvalue weighted by molar-refractivity contribution is -0.0178. The average Bonchev–Trinajstić information content (AvgIpc) is 3.08. The number of methoxy groups -OCH3 is 1. The fourth-order valence-electron chi connectivity index (χ4n) is 2.67. The molecule has 1 aliphatic rings. The van der Waals surface area contributed by atoms with Gasteiger partial charge >= 0.3 is 0 Å². The van der Waals surface area contributed by atoms with Gasteiger partial charge < -0.3 is 14.4 Å². The normalized spacial score (nSPS) is 17.5. The van der Waals surface area contributed by atoms with Crippen LogP contribution >= 0.6 is 15.9 Å². The van der Waals surface area contributed by atoms with Gasteiger partial charge in [0.15, 0.2) is 0 Å². The van der Waals surface area contributed by atoms with Crippen molar-refractivity contribution in [3.05, 3.63) is 28.5 Å². The fraction of sp³-hybridized carbons (Fsp3) is 0.429. The Hall–Kier alpha value is -1.40. The number of hydrogen-bond donors (Lipinski definition) is 1. The molecule has 106 valence electrons. The monoisotopic (exact) mass is 338 g/mol. The van der Waals surface area contributed by atoms with Gasteiger partial charge in [0.05, 0.1) is 5.56 Å². The Labute approximate surface area is 125 Å². The van der Waals surface area contributed by atoms with Gasteiger partial charge in [-0.1, -0.05) is 21.1 Å². The summed E-state index contributed by atoms with van der Waals surface area (Å²) in [7, 11) is 1.68. The molecule has 0 aliphatic heterocycles. The highest BCUT2D eigenvalue weighted by Crippen LogP contribution is 2.41. The highest BCUT2D eigenvalue weighted by molar-refractivity contribution is 9.10. The molecule has 1 aromatic heterocycles. The molecule has 1 N–H and O–H groups in total. The third kappa shape index (κ3) is 2.23. The van der Waals surface area contributed by atoms with E-state index in [1.165, 1.54) is 0 Å². The van der Waals surface area contributed by atoms with E-state index in [2.05, 4.69) is 26.1 Å². The Morgan fingerprint density at radius 3 is 2.75 bits per heavy atom. The molecule has 0 unspecified atom stereocenters. The van der Waals surface area contributed by atoms with Crippen molar-refractivity contribution in [3.8, 4) is 17.2 Å². The predicted molar refractivity (Wildman–Crippen MR) is 76.3 cm³/mol. The van der Waals surface area contributed by atoms with Crippen LogP contribution in [0.4, 0.5) is 0 Å². The van der Waals surface area contributed by atoms with E-state index in [0.29, 0.717) is 17.3 Å². The smallest absolute Gasteiger partial charge is 0.261 e. The van der Waals surface area contributed by atoms with Gasteiger partial charge in [0.25, 0.3) is 5.89 Å². The lowest BCUT2D eigenvalue weighted by Gasteiger charge is -2.22. The summed E-state index contributed by atoms with van der Waals surface area (Å²) in [5.41, 5.74) is 0.0865. The maximum Gasteiger partial charge on any atom is 0.261 e. The quantitative estimate of drug-likeness (QED) is 0.925. The Kier molecular flexibility index (Phi) is 3.52. The van der Waals surface area contributed by atoms with E-state index >= 15 is 0 Å². The molecule has 1 aliphatic carbocycles. The van der Waals surface area contributed by atoms with Crippen molar-refractivity contribution < 1.29 is 14.4 Å². The molecule has 0 saturated heterocycles. The summed E-state index contributed by atoms with van der Waals surface area (Å²) in [6, 6.07) is 5.16. The van der Waals surface area contributed by atoms with Gasteiger partial charge in [-0.25, -0.2) is 0 Å². The van der Waals surface area contributed by atoms with Gasteiger partial charge in [-0.05, 0) is 43.9 Å². The van der Waals surface area contributed by atoms with Crippen molar-refractivity contribution in [2.45, 2.75) is 31.3 Å². The molecule has 0 radical (unpaired) electrons. The second kappa shape index (κ2) is 5.18. The zero-order chi connectivity index (χ0) is 14.2. The predicted octanol–water partition coefficient (Wildman–Crippen LogP) is 3.62. The lowest BCUT2D eigenvalue weighted by Crippen LogP contribution is -2.25. The van der Waals surface area contributed by atoms with E-state index < -0.39 is 5.60 Å². The number of phenols is 1. The number of rotatable bonds is 3. The van der Waals surface area contributed by atoms with Gasteiger partial charge in [-0.2, -0.15) is 4.98 Å². The molecule has 1 saturated carbocycles. The van der Waals surface area contributed by atoms with Gasteiger partial charge in [-0.3, -0.25) is 0 Å². The van der Waals surface area contributed by atoms with Crippen molar-refractivity contribution in [2.24, 2.45) is 0 Å². The molecule has 0 atom stereocenters. The molecular formula is C14H15BrN2O3. The van der Waals surface area contributed by atoms with Crippen LogP contribution in [0.15, 0.2) is 27.2 Å². The Balaban J connectivity index is 1.97. The lowest BCUT2D eigenvalue weighted by atomic mass is 10.0. The molecule has 5 nitrogen and oxygen atoms in total. The first-order chi connectivity index (χ1) is 9.64. The van der Waals surface area contributed by atoms with E-state index in [9.17, 15) is 5.11 Å². The largest absolute Gasteiger partial charge is 0.507 e. The first kappa shape index (κ1) is 13.6. The highest BCUT2D eigenvalue weighted by atomic mass is 79.9. The molecule has 0 spiro atoms. The molecule has 1 heterocycles. The molecule has 3 rings (SSSR count). The summed E-state index contributed by atoms with van der Waals surface area (Å²) in [6.45, 7) is 0. The van der Waals surface area contributed by atoms with Crippen LogP contribution in [0, 0.1) is 0 Å². The standard InChI is InChI=1S/C14H15BrN2O3/c1-19-14(6-2-3-7-14)13-16-12(20-17-13)10-5-4-9(15)8-11(10)18/h4-5,8,18H,2-3,6-7H2,1H3. The van der Waals surface area contributed by atoms with Crippen LogP contribution < -0.4 is 0 Å². The van der Waals surface area contributed by atoms with Crippen molar-refractivity contribution in [1.82, 2.24) is 10.1 Å². The zero-order valence-electron chi connectivity index (χ0n) is 11.1. The number of nitrogens with zero attached hydrogens (tertiary/aromatic N) is 2. The van der Waals surface area contributed by atoms with Crippen LogP contribution in [0.2, 0.25) is 0 Å². The second-order valence-electron chi connectivity index (χ2n) is 4.99. The summed E-state index contributed by atoms with van der Waals surface area (Å²) in [5.74, 6) is 0.982. The molecule has 1 fully saturated rings. The minimum absolute atomic E-state index is 0.104. The minimum atomic E-state index is -0.438. The van der Waals surface area contributed by atoms with E-state index in [-0.39, 0.29) is 5.75 Å². The molecule has 6 heteroatoms. The topological polar surface area (TPSA) is 68.4 Å². The van der Waals surface area contributed by atoms with Gasteiger partial charge in [0, 0.05) is 11.6 Å². The molecule has 20 heavy (non-hydrogen) atoms. The van der Waals surface area contributed by atoms with Gasteiger partial charge in [0.2, 0.25) is 5.82 Å². The van der Waals surface area contributed by atoms with E-state index in [1.807, 2.05) is 6.07 Å². The first-order valence-electron chi connectivity index (χ1n) is 6.53.